The Labute approximate surface area is 101 Å². The highest BCUT2D eigenvalue weighted by molar-refractivity contribution is 5.98. The number of likely N-dealkylation sites (N-methyl/N-ethyl adjacent to an activating group) is 1. The molecule has 6 heteroatoms. The summed E-state index contributed by atoms with van der Waals surface area (Å²) in [6.45, 7) is 1.99. The second kappa shape index (κ2) is 4.75. The highest BCUT2D eigenvalue weighted by Crippen LogP contribution is 2.12. The molecule has 2 rings (SSSR count). The molecule has 6 nitrogen and oxygen atoms in total. The van der Waals surface area contributed by atoms with E-state index in [2.05, 4.69) is 22.4 Å². The predicted octanol–water partition coefficient (Wildman–Crippen LogP) is -0.174. The van der Waals surface area contributed by atoms with E-state index in [9.17, 15) is 4.79 Å². The summed E-state index contributed by atoms with van der Waals surface area (Å²) in [5.41, 5.74) is 6.22. The van der Waals surface area contributed by atoms with Crippen molar-refractivity contribution >= 4 is 11.7 Å². The predicted molar refractivity (Wildman–Crippen MR) is 65.6 cm³/mol. The van der Waals surface area contributed by atoms with Gasteiger partial charge >= 0.3 is 0 Å². The van der Waals surface area contributed by atoms with Crippen molar-refractivity contribution in [3.05, 3.63) is 11.8 Å². The van der Waals surface area contributed by atoms with Crippen LogP contribution in [-0.2, 0) is 7.05 Å². The Morgan fingerprint density at radius 3 is 2.94 bits per heavy atom. The lowest BCUT2D eigenvalue weighted by Crippen LogP contribution is -2.46. The van der Waals surface area contributed by atoms with Crippen molar-refractivity contribution in [1.82, 2.24) is 20.0 Å². The van der Waals surface area contributed by atoms with E-state index in [1.807, 2.05) is 0 Å². The molecule has 1 fully saturated rings. The Hall–Kier alpha value is -1.56. The van der Waals surface area contributed by atoms with Crippen molar-refractivity contribution in [2.24, 2.45) is 7.05 Å². The molecule has 0 spiro atoms. The molecule has 1 amide bonds. The molecule has 1 atom stereocenters. The van der Waals surface area contributed by atoms with Crippen molar-refractivity contribution < 1.29 is 4.79 Å². The van der Waals surface area contributed by atoms with Crippen molar-refractivity contribution in [2.75, 3.05) is 25.9 Å². The van der Waals surface area contributed by atoms with Gasteiger partial charge in [-0.05, 0) is 26.4 Å². The van der Waals surface area contributed by atoms with Crippen molar-refractivity contribution in [3.63, 3.8) is 0 Å². The number of aromatic nitrogens is 2. The van der Waals surface area contributed by atoms with Crippen molar-refractivity contribution in [2.45, 2.75) is 18.9 Å². The Bertz CT molecular complexity index is 414. The number of nitrogens with two attached hydrogens (primary N) is 1. The Morgan fingerprint density at radius 1 is 1.59 bits per heavy atom. The summed E-state index contributed by atoms with van der Waals surface area (Å²) in [4.78, 5) is 14.2. The molecule has 2 heterocycles. The molecule has 1 unspecified atom stereocenters. The van der Waals surface area contributed by atoms with Crippen LogP contribution in [0, 0.1) is 0 Å². The number of nitrogens with one attached hydrogen (secondary N) is 1. The van der Waals surface area contributed by atoms with Crippen LogP contribution in [0.5, 0.6) is 0 Å². The van der Waals surface area contributed by atoms with Crippen LogP contribution in [0.25, 0.3) is 0 Å². The number of carbonyl (C=O) groups is 1. The number of likely N-dealkylation sites (tertiary alicyclic amines) is 1. The number of nitrogen functional groups attached to an aromatic ring is 1. The van der Waals surface area contributed by atoms with Gasteiger partial charge in [0.25, 0.3) is 5.91 Å². The van der Waals surface area contributed by atoms with E-state index in [-0.39, 0.29) is 11.9 Å². The zero-order chi connectivity index (χ0) is 12.4. The van der Waals surface area contributed by atoms with E-state index >= 15 is 0 Å². The third kappa shape index (κ3) is 2.58. The van der Waals surface area contributed by atoms with Crippen molar-refractivity contribution in [3.8, 4) is 0 Å². The second-order valence-electron chi connectivity index (χ2n) is 4.64. The van der Waals surface area contributed by atoms with E-state index in [0.717, 1.165) is 25.9 Å². The number of hydrogen-bond donors (Lipinski definition) is 2. The zero-order valence-corrected chi connectivity index (χ0v) is 10.3. The van der Waals surface area contributed by atoms with Crippen molar-refractivity contribution in [1.29, 1.82) is 0 Å². The summed E-state index contributed by atoms with van der Waals surface area (Å²) in [6.07, 6.45) is 3.65. The molecule has 1 aliphatic rings. The first-order chi connectivity index (χ1) is 8.08. The highest BCUT2D eigenvalue weighted by atomic mass is 16.1. The molecule has 1 aliphatic heterocycles. The average Bonchev–Trinajstić information content (AvgIpc) is 2.60. The zero-order valence-electron chi connectivity index (χ0n) is 10.3. The molecule has 0 aliphatic carbocycles. The number of aryl methyl sites for hydroxylation is 1. The fourth-order valence-electron chi connectivity index (χ4n) is 2.17. The third-order valence-electron chi connectivity index (χ3n) is 3.19. The Morgan fingerprint density at radius 2 is 2.35 bits per heavy atom. The van der Waals surface area contributed by atoms with Gasteiger partial charge in [-0.25, -0.2) is 0 Å². The Balaban J connectivity index is 1.99. The molecule has 1 aromatic heterocycles. The summed E-state index contributed by atoms with van der Waals surface area (Å²) < 4.78 is 1.50. The maximum Gasteiger partial charge on any atom is 0.256 e. The molecule has 1 saturated heterocycles. The molecular formula is C11H19N5O. The van der Waals surface area contributed by atoms with E-state index < -0.39 is 0 Å². The first kappa shape index (κ1) is 11.9. The number of anilines is 1. The number of nitrogens with zero attached hydrogens (tertiary/aromatic N) is 3. The first-order valence-electron chi connectivity index (χ1n) is 5.85. The van der Waals surface area contributed by atoms with Gasteiger partial charge in [-0.2, -0.15) is 5.10 Å². The third-order valence-corrected chi connectivity index (χ3v) is 3.19. The maximum absolute atomic E-state index is 12.0. The molecule has 0 saturated carbocycles. The van der Waals surface area contributed by atoms with Crippen LogP contribution in [0.1, 0.15) is 23.2 Å². The Kier molecular flexibility index (Phi) is 3.33. The molecule has 0 bridgehead atoms. The van der Waals surface area contributed by atoms with Crippen LogP contribution in [0.2, 0.25) is 0 Å². The largest absolute Gasteiger partial charge is 0.383 e. The van der Waals surface area contributed by atoms with Crippen LogP contribution < -0.4 is 11.1 Å². The number of hydrogen-bond acceptors (Lipinski definition) is 4. The molecule has 17 heavy (non-hydrogen) atoms. The highest BCUT2D eigenvalue weighted by Gasteiger charge is 2.21. The van der Waals surface area contributed by atoms with Crippen LogP contribution >= 0.6 is 0 Å². The minimum Gasteiger partial charge on any atom is -0.383 e. The summed E-state index contributed by atoms with van der Waals surface area (Å²) >= 11 is 0. The van der Waals surface area contributed by atoms with Gasteiger partial charge in [0.2, 0.25) is 0 Å². The van der Waals surface area contributed by atoms with Gasteiger partial charge in [-0.1, -0.05) is 0 Å². The summed E-state index contributed by atoms with van der Waals surface area (Å²) in [7, 11) is 3.79. The molecule has 0 radical (unpaired) electrons. The molecular weight excluding hydrogens is 218 g/mol. The minimum atomic E-state index is -0.129. The van der Waals surface area contributed by atoms with Crippen LogP contribution in [0.4, 0.5) is 5.82 Å². The monoisotopic (exact) mass is 237 g/mol. The average molecular weight is 237 g/mol. The van der Waals surface area contributed by atoms with Gasteiger partial charge in [-0.15, -0.1) is 0 Å². The topological polar surface area (TPSA) is 76.2 Å². The lowest BCUT2D eigenvalue weighted by atomic mass is 10.1. The van der Waals surface area contributed by atoms with Gasteiger partial charge in [0, 0.05) is 19.6 Å². The lowest BCUT2D eigenvalue weighted by Gasteiger charge is -2.30. The lowest BCUT2D eigenvalue weighted by molar-refractivity contribution is 0.0913. The van der Waals surface area contributed by atoms with Gasteiger partial charge in [-0.3, -0.25) is 9.48 Å². The van der Waals surface area contributed by atoms with E-state index in [0.29, 0.717) is 11.4 Å². The van der Waals surface area contributed by atoms with Crippen LogP contribution in [0.3, 0.4) is 0 Å². The number of piperidine rings is 1. The van der Waals surface area contributed by atoms with Crippen LogP contribution in [0.15, 0.2) is 6.20 Å². The normalized spacial score (nSPS) is 21.4. The first-order valence-corrected chi connectivity index (χ1v) is 5.85. The van der Waals surface area contributed by atoms with Crippen LogP contribution in [-0.4, -0.2) is 46.8 Å². The van der Waals surface area contributed by atoms with Gasteiger partial charge in [0.05, 0.1) is 6.20 Å². The standard InChI is InChI=1S/C11H19N5O/c1-15-5-3-4-8(7-15)14-11(17)9-6-13-16(2)10(9)12/h6,8H,3-5,7,12H2,1-2H3,(H,14,17). The molecule has 3 N–H and O–H groups in total. The fourth-order valence-corrected chi connectivity index (χ4v) is 2.17. The number of carbonyl (C=O) groups excluding carboxylic acids is 1. The minimum absolute atomic E-state index is 0.129. The second-order valence-corrected chi connectivity index (χ2v) is 4.64. The number of amides is 1. The quantitative estimate of drug-likeness (QED) is 0.748. The van der Waals surface area contributed by atoms with E-state index in [1.165, 1.54) is 10.9 Å². The molecule has 94 valence electrons. The SMILES string of the molecule is CN1CCCC(NC(=O)c2cnn(C)c2N)C1. The smallest absolute Gasteiger partial charge is 0.256 e. The number of rotatable bonds is 2. The summed E-state index contributed by atoms with van der Waals surface area (Å²) in [5, 5.41) is 6.97. The van der Waals surface area contributed by atoms with Gasteiger partial charge in [0.15, 0.2) is 0 Å². The maximum atomic E-state index is 12.0. The molecule has 0 aromatic carbocycles. The fraction of sp³-hybridized carbons (Fsp3) is 0.636. The van der Waals surface area contributed by atoms with Gasteiger partial charge in [0.1, 0.15) is 11.4 Å². The van der Waals surface area contributed by atoms with E-state index in [1.54, 1.807) is 7.05 Å². The summed E-state index contributed by atoms with van der Waals surface area (Å²) in [5.74, 6) is 0.280. The van der Waals surface area contributed by atoms with Gasteiger partial charge < -0.3 is 16.0 Å². The molecule has 1 aromatic rings. The summed E-state index contributed by atoms with van der Waals surface area (Å²) in [6, 6.07) is 0.209. The van der Waals surface area contributed by atoms with E-state index in [4.69, 9.17) is 5.73 Å².